The summed E-state index contributed by atoms with van der Waals surface area (Å²) in [7, 11) is 0. The maximum Gasteiger partial charge on any atom is 0.231 e. The van der Waals surface area contributed by atoms with Gasteiger partial charge in [-0.1, -0.05) is 26.0 Å². The molecule has 1 unspecified atom stereocenters. The van der Waals surface area contributed by atoms with E-state index in [1.807, 2.05) is 38.1 Å². The van der Waals surface area contributed by atoms with Crippen LogP contribution in [0.1, 0.15) is 32.8 Å². The van der Waals surface area contributed by atoms with Crippen LogP contribution >= 0.6 is 0 Å². The lowest BCUT2D eigenvalue weighted by atomic mass is 9.86. The smallest absolute Gasteiger partial charge is 0.231 e. The molecule has 0 saturated heterocycles. The van der Waals surface area contributed by atoms with Gasteiger partial charge in [0, 0.05) is 12.2 Å². The van der Waals surface area contributed by atoms with Gasteiger partial charge in [0.1, 0.15) is 0 Å². The maximum atomic E-state index is 12.1. The molecule has 0 aliphatic heterocycles. The molecule has 0 fully saturated rings. The molecule has 0 aliphatic carbocycles. The van der Waals surface area contributed by atoms with Crippen LogP contribution in [0.25, 0.3) is 0 Å². The molecule has 1 atom stereocenters. The number of benzene rings is 1. The monoisotopic (exact) mass is 234 g/mol. The molecule has 0 heterocycles. The van der Waals surface area contributed by atoms with Crippen LogP contribution < -0.4 is 11.1 Å². The maximum absolute atomic E-state index is 12.1. The Bertz CT molecular complexity index is 366. The molecule has 0 bridgehead atoms. The average Bonchev–Trinajstić information content (AvgIpc) is 2.38. The minimum absolute atomic E-state index is 0.00764. The van der Waals surface area contributed by atoms with Crippen LogP contribution in [0.3, 0.4) is 0 Å². The van der Waals surface area contributed by atoms with E-state index in [1.54, 1.807) is 0 Å². The van der Waals surface area contributed by atoms with Crippen molar-refractivity contribution in [1.29, 1.82) is 0 Å². The summed E-state index contributed by atoms with van der Waals surface area (Å²) in [6.45, 7) is 6.34. The molecule has 1 aromatic rings. The zero-order chi connectivity index (χ0) is 12.9. The minimum atomic E-state index is -0.483. The highest BCUT2D eigenvalue weighted by molar-refractivity contribution is 5.95. The van der Waals surface area contributed by atoms with E-state index in [2.05, 4.69) is 12.2 Å². The Balaban J connectivity index is 2.73. The minimum Gasteiger partial charge on any atom is -0.329 e. The van der Waals surface area contributed by atoms with Gasteiger partial charge < -0.3 is 11.1 Å². The van der Waals surface area contributed by atoms with Crippen LogP contribution in [-0.2, 0) is 11.2 Å². The number of carbonyl (C=O) groups is 1. The van der Waals surface area contributed by atoms with Gasteiger partial charge in [0.05, 0.1) is 5.41 Å². The van der Waals surface area contributed by atoms with Crippen LogP contribution in [0.5, 0.6) is 0 Å². The highest BCUT2D eigenvalue weighted by Crippen LogP contribution is 2.22. The van der Waals surface area contributed by atoms with Crippen molar-refractivity contribution in [2.45, 2.75) is 33.6 Å². The summed E-state index contributed by atoms with van der Waals surface area (Å²) in [4.78, 5) is 12.1. The van der Waals surface area contributed by atoms with E-state index in [4.69, 9.17) is 5.73 Å². The Labute approximate surface area is 103 Å². The Morgan fingerprint density at radius 1 is 1.29 bits per heavy atom. The second kappa shape index (κ2) is 5.82. The Morgan fingerprint density at radius 3 is 2.29 bits per heavy atom. The van der Waals surface area contributed by atoms with E-state index >= 15 is 0 Å². The first-order valence-corrected chi connectivity index (χ1v) is 6.16. The number of carbonyl (C=O) groups excluding carboxylic acids is 1. The molecule has 17 heavy (non-hydrogen) atoms. The molecular weight excluding hydrogens is 212 g/mol. The lowest BCUT2D eigenvalue weighted by Crippen LogP contribution is -2.39. The van der Waals surface area contributed by atoms with Gasteiger partial charge in [-0.3, -0.25) is 4.79 Å². The molecule has 94 valence electrons. The first-order chi connectivity index (χ1) is 8.05. The van der Waals surface area contributed by atoms with E-state index < -0.39 is 5.41 Å². The van der Waals surface area contributed by atoms with E-state index in [0.29, 0.717) is 6.54 Å². The third-order valence-corrected chi connectivity index (χ3v) is 3.40. The number of hydrogen-bond donors (Lipinski definition) is 2. The standard InChI is InChI=1S/C14H22N2O/c1-4-11-6-8-12(9-7-11)16-13(17)14(3,5-2)10-15/h6-9H,4-5,10,15H2,1-3H3,(H,16,17). The summed E-state index contributed by atoms with van der Waals surface area (Å²) in [5.41, 5.74) is 7.27. The fourth-order valence-electron chi connectivity index (χ4n) is 1.50. The van der Waals surface area contributed by atoms with Crippen molar-refractivity contribution in [3.8, 4) is 0 Å². The van der Waals surface area contributed by atoms with Crippen LogP contribution in [-0.4, -0.2) is 12.5 Å². The molecule has 3 N–H and O–H groups in total. The van der Waals surface area contributed by atoms with Crippen LogP contribution in [0.4, 0.5) is 5.69 Å². The van der Waals surface area contributed by atoms with Crippen molar-refractivity contribution in [2.75, 3.05) is 11.9 Å². The average molecular weight is 234 g/mol. The first kappa shape index (κ1) is 13.7. The molecule has 0 aliphatic rings. The third kappa shape index (κ3) is 3.30. The largest absolute Gasteiger partial charge is 0.329 e. The summed E-state index contributed by atoms with van der Waals surface area (Å²) >= 11 is 0. The van der Waals surface area contributed by atoms with Crippen molar-refractivity contribution >= 4 is 11.6 Å². The first-order valence-electron chi connectivity index (χ1n) is 6.16. The van der Waals surface area contributed by atoms with E-state index in [0.717, 1.165) is 18.5 Å². The van der Waals surface area contributed by atoms with Gasteiger partial charge in [-0.2, -0.15) is 0 Å². The number of anilines is 1. The molecular formula is C14H22N2O. The van der Waals surface area contributed by atoms with Crippen molar-refractivity contribution in [2.24, 2.45) is 11.1 Å². The van der Waals surface area contributed by atoms with Crippen LogP contribution in [0.2, 0.25) is 0 Å². The molecule has 3 nitrogen and oxygen atoms in total. The van der Waals surface area contributed by atoms with Gasteiger partial charge in [0.25, 0.3) is 0 Å². The normalized spacial score (nSPS) is 14.1. The zero-order valence-corrected chi connectivity index (χ0v) is 10.9. The van der Waals surface area contributed by atoms with Gasteiger partial charge in [-0.25, -0.2) is 0 Å². The topological polar surface area (TPSA) is 55.1 Å². The Morgan fingerprint density at radius 2 is 1.88 bits per heavy atom. The molecule has 0 aromatic heterocycles. The fraction of sp³-hybridized carbons (Fsp3) is 0.500. The second-order valence-electron chi connectivity index (χ2n) is 4.62. The van der Waals surface area contributed by atoms with Gasteiger partial charge >= 0.3 is 0 Å². The van der Waals surface area contributed by atoms with Crippen LogP contribution in [0.15, 0.2) is 24.3 Å². The highest BCUT2D eigenvalue weighted by atomic mass is 16.2. The second-order valence-corrected chi connectivity index (χ2v) is 4.62. The summed E-state index contributed by atoms with van der Waals surface area (Å²) < 4.78 is 0. The lowest BCUT2D eigenvalue weighted by molar-refractivity contribution is -0.124. The number of amides is 1. The van der Waals surface area contributed by atoms with E-state index in [1.165, 1.54) is 5.56 Å². The number of hydrogen-bond acceptors (Lipinski definition) is 2. The predicted octanol–water partition coefficient (Wildman–Crippen LogP) is 2.56. The highest BCUT2D eigenvalue weighted by Gasteiger charge is 2.29. The number of aryl methyl sites for hydroxylation is 1. The van der Waals surface area contributed by atoms with Gasteiger partial charge in [0.2, 0.25) is 5.91 Å². The molecule has 0 saturated carbocycles. The Hall–Kier alpha value is -1.35. The van der Waals surface area contributed by atoms with Gasteiger partial charge in [0.15, 0.2) is 0 Å². The van der Waals surface area contributed by atoms with Crippen LogP contribution in [0, 0.1) is 5.41 Å². The van der Waals surface area contributed by atoms with Gasteiger partial charge in [-0.05, 0) is 37.5 Å². The SMILES string of the molecule is CCc1ccc(NC(=O)C(C)(CC)CN)cc1. The zero-order valence-electron chi connectivity index (χ0n) is 10.9. The molecule has 0 radical (unpaired) electrons. The van der Waals surface area contributed by atoms with E-state index in [9.17, 15) is 4.79 Å². The van der Waals surface area contributed by atoms with Crippen molar-refractivity contribution in [3.05, 3.63) is 29.8 Å². The number of rotatable bonds is 5. The molecule has 1 rings (SSSR count). The Kier molecular flexibility index (Phi) is 4.70. The van der Waals surface area contributed by atoms with Gasteiger partial charge in [-0.15, -0.1) is 0 Å². The molecule has 3 heteroatoms. The van der Waals surface area contributed by atoms with Crippen molar-refractivity contribution in [1.82, 2.24) is 0 Å². The molecule has 1 aromatic carbocycles. The molecule has 1 amide bonds. The summed E-state index contributed by atoms with van der Waals surface area (Å²) in [5.74, 6) is -0.00764. The fourth-order valence-corrected chi connectivity index (χ4v) is 1.50. The molecule has 0 spiro atoms. The van der Waals surface area contributed by atoms with Crippen molar-refractivity contribution < 1.29 is 4.79 Å². The summed E-state index contributed by atoms with van der Waals surface area (Å²) in [6.07, 6.45) is 1.74. The van der Waals surface area contributed by atoms with Crippen molar-refractivity contribution in [3.63, 3.8) is 0 Å². The van der Waals surface area contributed by atoms with E-state index in [-0.39, 0.29) is 5.91 Å². The lowest BCUT2D eigenvalue weighted by Gasteiger charge is -2.24. The quantitative estimate of drug-likeness (QED) is 0.822. The number of nitrogens with one attached hydrogen (secondary N) is 1. The summed E-state index contributed by atoms with van der Waals surface area (Å²) in [6, 6.07) is 7.93. The number of nitrogens with two attached hydrogens (primary N) is 1. The summed E-state index contributed by atoms with van der Waals surface area (Å²) in [5, 5.41) is 2.92. The predicted molar refractivity (Wildman–Crippen MR) is 71.9 cm³/mol. The third-order valence-electron chi connectivity index (χ3n) is 3.40.